The summed E-state index contributed by atoms with van der Waals surface area (Å²) >= 11 is 0. The highest BCUT2D eigenvalue weighted by molar-refractivity contribution is 5.64. The van der Waals surface area contributed by atoms with Crippen LogP contribution in [0.5, 0.6) is 5.75 Å². The molecule has 0 atom stereocenters. The van der Waals surface area contributed by atoms with Gasteiger partial charge in [-0.05, 0) is 25.0 Å². The minimum absolute atomic E-state index is 0.662. The maximum atomic E-state index is 5.38. The second-order valence-electron chi connectivity index (χ2n) is 5.28. The molecule has 3 rings (SSSR count). The molecule has 0 saturated heterocycles. The Balaban J connectivity index is 1.72. The van der Waals surface area contributed by atoms with Crippen molar-refractivity contribution >= 4 is 11.6 Å². The van der Waals surface area contributed by atoms with Crippen molar-refractivity contribution in [3.63, 3.8) is 0 Å². The van der Waals surface area contributed by atoms with Crippen molar-refractivity contribution in [1.29, 1.82) is 0 Å². The molecule has 1 aliphatic rings. The van der Waals surface area contributed by atoms with Gasteiger partial charge in [0.15, 0.2) is 0 Å². The molecule has 5 nitrogen and oxygen atoms in total. The van der Waals surface area contributed by atoms with E-state index >= 15 is 0 Å². The van der Waals surface area contributed by atoms with Crippen molar-refractivity contribution in [2.45, 2.75) is 25.4 Å². The molecule has 0 spiro atoms. The third kappa shape index (κ3) is 3.31. The molecule has 21 heavy (non-hydrogen) atoms. The molecule has 1 fully saturated rings. The standard InChI is InChI=1S/C16H20N4O/c1-20(14-5-3-4-6-15(14)21-2)16-18-10-12(11-19-16)9-17-13-7-8-13/h3-6,10-11,13,17H,7-9H2,1-2H3. The summed E-state index contributed by atoms with van der Waals surface area (Å²) in [6.07, 6.45) is 6.33. The summed E-state index contributed by atoms with van der Waals surface area (Å²) in [5, 5.41) is 3.46. The third-order valence-corrected chi connectivity index (χ3v) is 3.61. The average Bonchev–Trinajstić information content (AvgIpc) is 3.37. The fraction of sp³-hybridized carbons (Fsp3) is 0.375. The van der Waals surface area contributed by atoms with Crippen LogP contribution in [-0.2, 0) is 6.54 Å². The van der Waals surface area contributed by atoms with Gasteiger partial charge in [0.2, 0.25) is 5.95 Å². The van der Waals surface area contributed by atoms with Gasteiger partial charge in [0.1, 0.15) is 5.75 Å². The van der Waals surface area contributed by atoms with E-state index in [2.05, 4.69) is 15.3 Å². The lowest BCUT2D eigenvalue weighted by molar-refractivity contribution is 0.415. The molecule has 0 aliphatic heterocycles. The lowest BCUT2D eigenvalue weighted by Crippen LogP contribution is -2.17. The molecule has 5 heteroatoms. The molecule has 1 aromatic heterocycles. The average molecular weight is 284 g/mol. The van der Waals surface area contributed by atoms with Gasteiger partial charge in [0.25, 0.3) is 0 Å². The van der Waals surface area contributed by atoms with Gasteiger partial charge < -0.3 is 15.0 Å². The van der Waals surface area contributed by atoms with E-state index in [1.165, 1.54) is 12.8 Å². The number of benzene rings is 1. The number of anilines is 2. The van der Waals surface area contributed by atoms with Crippen LogP contribution in [0.25, 0.3) is 0 Å². The van der Waals surface area contributed by atoms with Gasteiger partial charge in [-0.15, -0.1) is 0 Å². The Morgan fingerprint density at radius 1 is 1.24 bits per heavy atom. The predicted octanol–water partition coefficient (Wildman–Crippen LogP) is 2.51. The summed E-state index contributed by atoms with van der Waals surface area (Å²) in [7, 11) is 3.61. The topological polar surface area (TPSA) is 50.3 Å². The SMILES string of the molecule is COc1ccccc1N(C)c1ncc(CNC2CC2)cn1. The number of nitrogens with zero attached hydrogens (tertiary/aromatic N) is 3. The van der Waals surface area contributed by atoms with Gasteiger partial charge in [-0.1, -0.05) is 12.1 Å². The monoisotopic (exact) mass is 284 g/mol. The number of hydrogen-bond donors (Lipinski definition) is 1. The zero-order valence-electron chi connectivity index (χ0n) is 12.4. The summed E-state index contributed by atoms with van der Waals surface area (Å²) in [6.45, 7) is 0.837. The van der Waals surface area contributed by atoms with E-state index in [-0.39, 0.29) is 0 Å². The first-order valence-electron chi connectivity index (χ1n) is 7.19. The van der Waals surface area contributed by atoms with Crippen LogP contribution in [0, 0.1) is 0 Å². The maximum absolute atomic E-state index is 5.38. The van der Waals surface area contributed by atoms with Crippen molar-refractivity contribution in [1.82, 2.24) is 15.3 Å². The van der Waals surface area contributed by atoms with Crippen LogP contribution in [0.4, 0.5) is 11.6 Å². The molecule has 1 saturated carbocycles. The van der Waals surface area contributed by atoms with Crippen molar-refractivity contribution in [2.75, 3.05) is 19.1 Å². The van der Waals surface area contributed by atoms with Gasteiger partial charge in [0, 0.05) is 37.6 Å². The molecule has 0 amide bonds. The van der Waals surface area contributed by atoms with E-state index < -0.39 is 0 Å². The number of rotatable bonds is 6. The van der Waals surface area contributed by atoms with Crippen LogP contribution in [0.2, 0.25) is 0 Å². The van der Waals surface area contributed by atoms with Gasteiger partial charge in [-0.25, -0.2) is 9.97 Å². The van der Waals surface area contributed by atoms with Crippen LogP contribution in [-0.4, -0.2) is 30.2 Å². The molecule has 0 unspecified atom stereocenters. The molecular weight excluding hydrogens is 264 g/mol. The molecule has 1 heterocycles. The van der Waals surface area contributed by atoms with Crippen molar-refractivity contribution < 1.29 is 4.74 Å². The smallest absolute Gasteiger partial charge is 0.229 e. The highest BCUT2D eigenvalue weighted by Crippen LogP contribution is 2.30. The van der Waals surface area contributed by atoms with E-state index in [4.69, 9.17) is 4.74 Å². The zero-order chi connectivity index (χ0) is 14.7. The van der Waals surface area contributed by atoms with Crippen molar-refractivity contribution in [2.24, 2.45) is 0 Å². The quantitative estimate of drug-likeness (QED) is 0.883. The van der Waals surface area contributed by atoms with E-state index in [1.807, 2.05) is 48.6 Å². The predicted molar refractivity (Wildman–Crippen MR) is 83.0 cm³/mol. The van der Waals surface area contributed by atoms with E-state index in [9.17, 15) is 0 Å². The first-order chi connectivity index (χ1) is 10.3. The molecule has 110 valence electrons. The number of para-hydroxylation sites is 2. The van der Waals surface area contributed by atoms with E-state index in [0.29, 0.717) is 12.0 Å². The first kappa shape index (κ1) is 13.8. The lowest BCUT2D eigenvalue weighted by Gasteiger charge is -2.19. The fourth-order valence-electron chi connectivity index (χ4n) is 2.18. The number of hydrogen-bond acceptors (Lipinski definition) is 5. The van der Waals surface area contributed by atoms with E-state index in [0.717, 1.165) is 23.5 Å². The minimum Gasteiger partial charge on any atom is -0.495 e. The molecule has 0 bridgehead atoms. The molecule has 1 aliphatic carbocycles. The first-order valence-corrected chi connectivity index (χ1v) is 7.19. The Morgan fingerprint density at radius 3 is 2.62 bits per heavy atom. The van der Waals surface area contributed by atoms with Crippen LogP contribution in [0.15, 0.2) is 36.7 Å². The highest BCUT2D eigenvalue weighted by Gasteiger charge is 2.20. The summed E-state index contributed by atoms with van der Waals surface area (Å²) in [5.74, 6) is 1.47. The molecule has 0 radical (unpaired) electrons. The van der Waals surface area contributed by atoms with Crippen LogP contribution in [0.3, 0.4) is 0 Å². The summed E-state index contributed by atoms with van der Waals surface area (Å²) < 4.78 is 5.38. The third-order valence-electron chi connectivity index (χ3n) is 3.61. The zero-order valence-corrected chi connectivity index (χ0v) is 12.4. The van der Waals surface area contributed by atoms with Crippen LogP contribution < -0.4 is 15.0 Å². The Hall–Kier alpha value is -2.14. The summed E-state index contributed by atoms with van der Waals surface area (Å²) in [5.41, 5.74) is 2.06. The van der Waals surface area contributed by atoms with E-state index in [1.54, 1.807) is 7.11 Å². The number of methoxy groups -OCH3 is 1. The van der Waals surface area contributed by atoms with Crippen LogP contribution >= 0.6 is 0 Å². The molecule has 2 aromatic rings. The molecular formula is C16H20N4O. The highest BCUT2D eigenvalue weighted by atomic mass is 16.5. The number of ether oxygens (including phenoxy) is 1. The molecule has 1 aromatic carbocycles. The fourth-order valence-corrected chi connectivity index (χ4v) is 2.18. The second kappa shape index (κ2) is 6.10. The van der Waals surface area contributed by atoms with Gasteiger partial charge in [-0.2, -0.15) is 0 Å². The van der Waals surface area contributed by atoms with Crippen molar-refractivity contribution in [3.8, 4) is 5.75 Å². The maximum Gasteiger partial charge on any atom is 0.229 e. The number of aromatic nitrogens is 2. The Kier molecular flexibility index (Phi) is 4.01. The summed E-state index contributed by atoms with van der Waals surface area (Å²) in [4.78, 5) is 10.8. The minimum atomic E-state index is 0.662. The van der Waals surface area contributed by atoms with Crippen LogP contribution in [0.1, 0.15) is 18.4 Å². The largest absolute Gasteiger partial charge is 0.495 e. The normalized spacial score (nSPS) is 14.0. The molecule has 1 N–H and O–H groups in total. The summed E-state index contributed by atoms with van der Waals surface area (Å²) in [6, 6.07) is 8.54. The Bertz CT molecular complexity index is 595. The van der Waals surface area contributed by atoms with Gasteiger partial charge >= 0.3 is 0 Å². The number of nitrogens with one attached hydrogen (secondary N) is 1. The van der Waals surface area contributed by atoms with Gasteiger partial charge in [-0.3, -0.25) is 0 Å². The Morgan fingerprint density at radius 2 is 1.95 bits per heavy atom. The van der Waals surface area contributed by atoms with Crippen molar-refractivity contribution in [3.05, 3.63) is 42.2 Å². The lowest BCUT2D eigenvalue weighted by atomic mass is 10.2. The second-order valence-corrected chi connectivity index (χ2v) is 5.28. The van der Waals surface area contributed by atoms with Gasteiger partial charge in [0.05, 0.1) is 12.8 Å². The Labute approximate surface area is 125 Å².